The van der Waals surface area contributed by atoms with E-state index in [9.17, 15) is 4.79 Å². The van der Waals surface area contributed by atoms with Crippen LogP contribution in [0, 0.1) is 6.92 Å². The number of carbonyl (C=O) groups excluding carboxylic acids is 1. The summed E-state index contributed by atoms with van der Waals surface area (Å²) >= 11 is 5.23. The molecule has 2 aromatic heterocycles. The number of aromatic nitrogens is 1. The fourth-order valence-corrected chi connectivity index (χ4v) is 4.21. The molecule has 0 unspecified atom stereocenters. The van der Waals surface area contributed by atoms with Crippen molar-refractivity contribution in [2.75, 3.05) is 6.54 Å². The van der Waals surface area contributed by atoms with Crippen LogP contribution in [0.5, 0.6) is 0 Å². The molecule has 1 amide bonds. The number of amides is 1. The van der Waals surface area contributed by atoms with E-state index in [4.69, 9.17) is 0 Å². The summed E-state index contributed by atoms with van der Waals surface area (Å²) in [6.07, 6.45) is 1.68. The van der Waals surface area contributed by atoms with Gasteiger partial charge in [0.1, 0.15) is 5.69 Å². The summed E-state index contributed by atoms with van der Waals surface area (Å²) in [4.78, 5) is 12.5. The van der Waals surface area contributed by atoms with Crippen molar-refractivity contribution in [3.63, 3.8) is 0 Å². The standard InChI is InChI=1S/C18H17BrN2OS/c1-3-8-20-18(22)15-9-16-17(14(19)11-23-16)21(15)10-13-6-4-12(2)5-7-13/h3-7,9,11H,1,8,10H2,2H3,(H,20,22). The van der Waals surface area contributed by atoms with Gasteiger partial charge in [0.15, 0.2) is 0 Å². The number of benzene rings is 1. The normalized spacial score (nSPS) is 10.9. The van der Waals surface area contributed by atoms with Crippen LogP contribution in [0.1, 0.15) is 21.6 Å². The van der Waals surface area contributed by atoms with E-state index in [0.29, 0.717) is 18.8 Å². The first-order valence-electron chi connectivity index (χ1n) is 7.31. The average molecular weight is 389 g/mol. The number of nitrogens with one attached hydrogen (secondary N) is 1. The Morgan fingerprint density at radius 1 is 1.39 bits per heavy atom. The molecule has 3 aromatic rings. The highest BCUT2D eigenvalue weighted by molar-refractivity contribution is 9.10. The minimum atomic E-state index is -0.0766. The maximum atomic E-state index is 12.5. The highest BCUT2D eigenvalue weighted by Gasteiger charge is 2.18. The molecule has 0 fully saturated rings. The van der Waals surface area contributed by atoms with Gasteiger partial charge in [0.2, 0.25) is 0 Å². The van der Waals surface area contributed by atoms with E-state index in [1.165, 1.54) is 11.1 Å². The van der Waals surface area contributed by atoms with Gasteiger partial charge in [0.05, 0.1) is 14.7 Å². The molecule has 23 heavy (non-hydrogen) atoms. The Hall–Kier alpha value is -1.85. The van der Waals surface area contributed by atoms with Gasteiger partial charge < -0.3 is 9.88 Å². The van der Waals surface area contributed by atoms with Crippen LogP contribution in [0.4, 0.5) is 0 Å². The largest absolute Gasteiger partial charge is 0.347 e. The summed E-state index contributed by atoms with van der Waals surface area (Å²) in [7, 11) is 0. The molecule has 0 saturated heterocycles. The number of carbonyl (C=O) groups is 1. The molecular formula is C18H17BrN2OS. The van der Waals surface area contributed by atoms with Gasteiger partial charge in [-0.05, 0) is 34.5 Å². The second-order valence-corrected chi connectivity index (χ2v) is 7.16. The van der Waals surface area contributed by atoms with Gasteiger partial charge in [0.25, 0.3) is 5.91 Å². The van der Waals surface area contributed by atoms with E-state index in [-0.39, 0.29) is 5.91 Å². The van der Waals surface area contributed by atoms with Crippen LogP contribution in [0.2, 0.25) is 0 Å². The predicted molar refractivity (Wildman–Crippen MR) is 100 cm³/mol. The maximum Gasteiger partial charge on any atom is 0.268 e. The number of hydrogen-bond donors (Lipinski definition) is 1. The quantitative estimate of drug-likeness (QED) is 0.629. The monoisotopic (exact) mass is 388 g/mol. The zero-order valence-corrected chi connectivity index (χ0v) is 15.2. The molecule has 1 aromatic carbocycles. The van der Waals surface area contributed by atoms with Crippen molar-refractivity contribution in [3.05, 3.63) is 69.7 Å². The van der Waals surface area contributed by atoms with Crippen molar-refractivity contribution >= 4 is 43.4 Å². The molecule has 0 atom stereocenters. The lowest BCUT2D eigenvalue weighted by atomic mass is 10.1. The first-order chi connectivity index (χ1) is 11.1. The van der Waals surface area contributed by atoms with Gasteiger partial charge in [-0.1, -0.05) is 35.9 Å². The lowest BCUT2D eigenvalue weighted by molar-refractivity contribution is 0.0949. The number of aryl methyl sites for hydroxylation is 1. The summed E-state index contributed by atoms with van der Waals surface area (Å²) in [6, 6.07) is 10.4. The molecule has 0 saturated carbocycles. The van der Waals surface area contributed by atoms with E-state index >= 15 is 0 Å². The van der Waals surface area contributed by atoms with Crippen LogP contribution >= 0.6 is 27.3 Å². The van der Waals surface area contributed by atoms with Gasteiger partial charge in [-0.25, -0.2) is 0 Å². The Kier molecular flexibility index (Phi) is 4.68. The maximum absolute atomic E-state index is 12.5. The van der Waals surface area contributed by atoms with Crippen LogP contribution in [0.15, 0.2) is 52.8 Å². The molecule has 1 N–H and O–H groups in total. The smallest absolute Gasteiger partial charge is 0.268 e. The Labute approximate surface area is 147 Å². The summed E-state index contributed by atoms with van der Waals surface area (Å²) in [6.45, 7) is 6.84. The highest BCUT2D eigenvalue weighted by atomic mass is 79.9. The fraction of sp³-hybridized carbons (Fsp3) is 0.167. The van der Waals surface area contributed by atoms with E-state index in [0.717, 1.165) is 14.7 Å². The summed E-state index contributed by atoms with van der Waals surface area (Å²) in [5, 5.41) is 4.92. The third-order valence-corrected chi connectivity index (χ3v) is 5.50. The second-order valence-electron chi connectivity index (χ2n) is 5.40. The molecule has 0 aliphatic carbocycles. The Morgan fingerprint density at radius 2 is 2.13 bits per heavy atom. The third-order valence-electron chi connectivity index (χ3n) is 3.68. The zero-order chi connectivity index (χ0) is 16.4. The van der Waals surface area contributed by atoms with Crippen molar-refractivity contribution in [1.82, 2.24) is 9.88 Å². The molecule has 2 heterocycles. The first kappa shape index (κ1) is 16.0. The fourth-order valence-electron chi connectivity index (χ4n) is 2.52. The van der Waals surface area contributed by atoms with Gasteiger partial charge in [-0.15, -0.1) is 17.9 Å². The molecule has 3 nitrogen and oxygen atoms in total. The van der Waals surface area contributed by atoms with Gasteiger partial charge in [-0.3, -0.25) is 4.79 Å². The molecule has 3 rings (SSSR count). The van der Waals surface area contributed by atoms with Crippen LogP contribution in [0.25, 0.3) is 10.2 Å². The van der Waals surface area contributed by atoms with Crippen LogP contribution in [0.3, 0.4) is 0 Å². The summed E-state index contributed by atoms with van der Waals surface area (Å²) in [5.41, 5.74) is 4.14. The van der Waals surface area contributed by atoms with Crippen molar-refractivity contribution in [2.45, 2.75) is 13.5 Å². The minimum absolute atomic E-state index is 0.0766. The lowest BCUT2D eigenvalue weighted by Gasteiger charge is -2.11. The highest BCUT2D eigenvalue weighted by Crippen LogP contribution is 2.33. The van der Waals surface area contributed by atoms with Crippen molar-refractivity contribution in [3.8, 4) is 0 Å². The average Bonchev–Trinajstić information content (AvgIpc) is 3.08. The Bertz CT molecular complexity index is 861. The van der Waals surface area contributed by atoms with E-state index in [1.54, 1.807) is 17.4 Å². The third kappa shape index (κ3) is 3.26. The first-order valence-corrected chi connectivity index (χ1v) is 8.98. The van der Waals surface area contributed by atoms with E-state index < -0.39 is 0 Å². The molecule has 0 aliphatic rings. The zero-order valence-electron chi connectivity index (χ0n) is 12.8. The number of fused-ring (bicyclic) bond motifs is 1. The molecule has 118 valence electrons. The minimum Gasteiger partial charge on any atom is -0.347 e. The number of nitrogens with zero attached hydrogens (tertiary/aromatic N) is 1. The topological polar surface area (TPSA) is 34.0 Å². The number of hydrogen-bond acceptors (Lipinski definition) is 2. The van der Waals surface area contributed by atoms with E-state index in [1.807, 2.05) is 6.07 Å². The number of thiophene rings is 1. The molecule has 0 radical (unpaired) electrons. The number of halogens is 1. The molecule has 5 heteroatoms. The van der Waals surface area contributed by atoms with Gasteiger partial charge in [0, 0.05) is 18.5 Å². The Balaban J connectivity index is 2.04. The SMILES string of the molecule is C=CCNC(=O)c1cc2scc(Br)c2n1Cc1ccc(C)cc1. The second kappa shape index (κ2) is 6.72. The van der Waals surface area contributed by atoms with Gasteiger partial charge >= 0.3 is 0 Å². The molecule has 0 spiro atoms. The lowest BCUT2D eigenvalue weighted by Crippen LogP contribution is -2.26. The molecule has 0 bridgehead atoms. The van der Waals surface area contributed by atoms with E-state index in [2.05, 4.69) is 69.0 Å². The number of rotatable bonds is 5. The van der Waals surface area contributed by atoms with Crippen molar-refractivity contribution < 1.29 is 4.79 Å². The van der Waals surface area contributed by atoms with Crippen LogP contribution in [-0.2, 0) is 6.54 Å². The molecular weight excluding hydrogens is 372 g/mol. The molecule has 0 aliphatic heterocycles. The van der Waals surface area contributed by atoms with Crippen LogP contribution < -0.4 is 5.32 Å². The van der Waals surface area contributed by atoms with Crippen LogP contribution in [-0.4, -0.2) is 17.0 Å². The van der Waals surface area contributed by atoms with Gasteiger partial charge in [-0.2, -0.15) is 0 Å². The van der Waals surface area contributed by atoms with Crippen molar-refractivity contribution in [2.24, 2.45) is 0 Å². The summed E-state index contributed by atoms with van der Waals surface area (Å²) in [5.74, 6) is -0.0766. The predicted octanol–water partition coefficient (Wildman–Crippen LogP) is 4.74. The van der Waals surface area contributed by atoms with Crippen molar-refractivity contribution in [1.29, 1.82) is 0 Å². The Morgan fingerprint density at radius 3 is 2.83 bits per heavy atom. The summed E-state index contributed by atoms with van der Waals surface area (Å²) < 4.78 is 4.19.